The molecule has 0 aliphatic carbocycles. The molecule has 3 heterocycles. The Morgan fingerprint density at radius 3 is 2.82 bits per heavy atom. The maximum absolute atomic E-state index is 13.6. The van der Waals surface area contributed by atoms with Crippen molar-refractivity contribution in [3.63, 3.8) is 0 Å². The summed E-state index contributed by atoms with van der Waals surface area (Å²) in [6.07, 6.45) is 4.21. The summed E-state index contributed by atoms with van der Waals surface area (Å²) in [5.41, 5.74) is -0.462. The van der Waals surface area contributed by atoms with Crippen molar-refractivity contribution in [2.24, 2.45) is 0 Å². The van der Waals surface area contributed by atoms with Gasteiger partial charge in [0.1, 0.15) is 7.85 Å². The third kappa shape index (κ3) is 2.87. The van der Waals surface area contributed by atoms with Gasteiger partial charge in [0, 0.05) is 17.5 Å². The topological polar surface area (TPSA) is 70.1 Å². The van der Waals surface area contributed by atoms with Crippen LogP contribution in [0.15, 0.2) is 30.7 Å². The summed E-state index contributed by atoms with van der Waals surface area (Å²) in [6.45, 7) is 0. The van der Waals surface area contributed by atoms with Crippen LogP contribution in [-0.2, 0) is 12.0 Å². The number of fused-ring (bicyclic) bond motifs is 1. The molecule has 1 unspecified atom stereocenters. The zero-order valence-electron chi connectivity index (χ0n) is 11.5. The molecule has 5 nitrogen and oxygen atoms in total. The summed E-state index contributed by atoms with van der Waals surface area (Å²) < 4.78 is 13.6. The number of aliphatic hydroxyl groups is 1. The predicted molar refractivity (Wildman–Crippen MR) is 82.4 cm³/mol. The Hall–Kier alpha value is -1.86. The maximum Gasteiger partial charge on any atom is 0.164 e. The van der Waals surface area contributed by atoms with Crippen LogP contribution in [0.4, 0.5) is 15.8 Å². The molecule has 0 bridgehead atoms. The smallest absolute Gasteiger partial charge is 0.164 e. The highest BCUT2D eigenvalue weighted by atomic mass is 19.1. The number of hydrogen-bond acceptors (Lipinski definition) is 5. The highest BCUT2D eigenvalue weighted by Crippen LogP contribution is 2.30. The summed E-state index contributed by atoms with van der Waals surface area (Å²) in [6, 6.07) is 3.04. The van der Waals surface area contributed by atoms with Gasteiger partial charge in [-0.3, -0.25) is 9.97 Å². The molecule has 9 heteroatoms. The van der Waals surface area contributed by atoms with Crippen LogP contribution in [0.2, 0.25) is 0 Å². The molecule has 22 heavy (non-hydrogen) atoms. The Balaban J connectivity index is 1.96. The molecule has 0 amide bonds. The fourth-order valence-corrected chi connectivity index (χ4v) is 2.41. The second kappa shape index (κ2) is 5.10. The van der Waals surface area contributed by atoms with Gasteiger partial charge in [-0.2, -0.15) is 0 Å². The lowest BCUT2D eigenvalue weighted by molar-refractivity contribution is 0.0691. The average Bonchev–Trinajstić information content (AvgIpc) is 2.40. The Labute approximate surface area is 131 Å². The van der Waals surface area contributed by atoms with Crippen LogP contribution >= 0.6 is 0 Å². The van der Waals surface area contributed by atoms with Gasteiger partial charge in [-0.25, -0.2) is 4.39 Å². The first-order valence-corrected chi connectivity index (χ1v) is 6.51. The molecule has 0 saturated carbocycles. The lowest BCUT2D eigenvalue weighted by Crippen LogP contribution is -2.62. The Morgan fingerprint density at radius 2 is 2.09 bits per heavy atom. The van der Waals surface area contributed by atoms with Crippen molar-refractivity contribution < 1.29 is 9.50 Å². The van der Waals surface area contributed by atoms with E-state index in [4.69, 9.17) is 23.5 Å². The van der Waals surface area contributed by atoms with Crippen molar-refractivity contribution in [3.05, 3.63) is 47.8 Å². The number of rotatable bonds is 2. The molecule has 1 aliphatic heterocycles. The number of pyridine rings is 2. The summed E-state index contributed by atoms with van der Waals surface area (Å²) in [4.78, 5) is 7.86. The molecule has 2 aromatic heterocycles. The maximum atomic E-state index is 13.6. The van der Waals surface area contributed by atoms with Crippen LogP contribution in [0.1, 0.15) is 11.3 Å². The fraction of sp³-hybridized carbons (Fsp3) is 0.231. The molecule has 3 N–H and O–H groups in total. The third-order valence-electron chi connectivity index (χ3n) is 3.32. The molecule has 2 aromatic rings. The zero-order chi connectivity index (χ0) is 16.0. The first-order valence-electron chi connectivity index (χ1n) is 6.51. The predicted octanol–water partition coefficient (Wildman–Crippen LogP) is -0.233. The van der Waals surface area contributed by atoms with E-state index in [1.54, 1.807) is 6.07 Å². The van der Waals surface area contributed by atoms with Gasteiger partial charge in [0.2, 0.25) is 0 Å². The standard InChI is InChI=1S/C13H10B3FN4O/c14-12(15)4-11-8(13(16,22)21-12)3-7(5-19-11)20-10-1-2-18-6-9(10)17/h1-3,5-6,21-22H,4H2,(H,18,20). The van der Waals surface area contributed by atoms with Crippen molar-refractivity contribution in [1.29, 1.82) is 0 Å². The van der Waals surface area contributed by atoms with E-state index in [1.807, 2.05) is 0 Å². The minimum Gasteiger partial charge on any atom is -0.381 e. The average molecular weight is 290 g/mol. The van der Waals surface area contributed by atoms with E-state index in [-0.39, 0.29) is 12.1 Å². The summed E-state index contributed by atoms with van der Waals surface area (Å²) in [5, 5.41) is 14.3. The number of nitrogens with one attached hydrogen (secondary N) is 2. The minimum absolute atomic E-state index is 0.186. The molecule has 1 atom stereocenters. The van der Waals surface area contributed by atoms with Crippen molar-refractivity contribution >= 4 is 34.9 Å². The normalized spacial score (nSPS) is 22.8. The van der Waals surface area contributed by atoms with Gasteiger partial charge in [-0.15, -0.1) is 0 Å². The SMILES string of the molecule is [B]C1([B])Cc2ncc(Nc3ccncc3F)cc2C([B])(O)N1. The van der Waals surface area contributed by atoms with Gasteiger partial charge < -0.3 is 15.7 Å². The van der Waals surface area contributed by atoms with Crippen molar-refractivity contribution in [1.82, 2.24) is 15.3 Å². The van der Waals surface area contributed by atoms with Crippen LogP contribution in [0.5, 0.6) is 0 Å². The molecule has 0 spiro atoms. The summed E-state index contributed by atoms with van der Waals surface area (Å²) in [7, 11) is 17.3. The number of halogens is 1. The molecule has 1 aliphatic rings. The molecule has 0 aromatic carbocycles. The van der Waals surface area contributed by atoms with E-state index in [0.29, 0.717) is 16.9 Å². The fourth-order valence-electron chi connectivity index (χ4n) is 2.41. The third-order valence-corrected chi connectivity index (χ3v) is 3.32. The second-order valence-electron chi connectivity index (χ2n) is 5.31. The van der Waals surface area contributed by atoms with Crippen molar-refractivity contribution in [2.75, 3.05) is 5.32 Å². The largest absolute Gasteiger partial charge is 0.381 e. The van der Waals surface area contributed by atoms with E-state index in [0.717, 1.165) is 6.20 Å². The van der Waals surface area contributed by atoms with E-state index in [1.165, 1.54) is 18.5 Å². The van der Waals surface area contributed by atoms with Crippen LogP contribution < -0.4 is 10.6 Å². The summed E-state index contributed by atoms with van der Waals surface area (Å²) >= 11 is 0. The Kier molecular flexibility index (Phi) is 3.49. The monoisotopic (exact) mass is 290 g/mol. The van der Waals surface area contributed by atoms with Gasteiger partial charge in [0.25, 0.3) is 0 Å². The van der Waals surface area contributed by atoms with E-state index < -0.39 is 16.8 Å². The first kappa shape index (κ1) is 15.1. The summed E-state index contributed by atoms with van der Waals surface area (Å²) in [5.74, 6) is -0.510. The zero-order valence-corrected chi connectivity index (χ0v) is 11.5. The van der Waals surface area contributed by atoms with Crippen LogP contribution in [0.25, 0.3) is 0 Å². The highest BCUT2D eigenvalue weighted by molar-refractivity contribution is 6.40. The highest BCUT2D eigenvalue weighted by Gasteiger charge is 2.37. The molecular formula is C13H10B3FN4O. The lowest BCUT2D eigenvalue weighted by Gasteiger charge is -2.43. The molecule has 104 valence electrons. The number of aromatic nitrogens is 2. The number of nitrogens with zero attached hydrogens (tertiary/aromatic N) is 2. The molecular weight excluding hydrogens is 280 g/mol. The van der Waals surface area contributed by atoms with Crippen molar-refractivity contribution in [2.45, 2.75) is 17.4 Å². The molecule has 0 saturated heterocycles. The number of hydrogen-bond donors (Lipinski definition) is 3. The van der Waals surface area contributed by atoms with E-state index in [2.05, 4.69) is 20.6 Å². The van der Waals surface area contributed by atoms with Crippen LogP contribution in [0, 0.1) is 5.82 Å². The molecule has 0 fully saturated rings. The van der Waals surface area contributed by atoms with Gasteiger partial charge in [0.05, 0.1) is 45.1 Å². The van der Waals surface area contributed by atoms with Gasteiger partial charge >= 0.3 is 0 Å². The Bertz CT molecular complexity index is 726. The van der Waals surface area contributed by atoms with Gasteiger partial charge in [-0.1, -0.05) is 0 Å². The molecule has 3 rings (SSSR count). The lowest BCUT2D eigenvalue weighted by atomic mass is 9.55. The Morgan fingerprint density at radius 1 is 1.32 bits per heavy atom. The quantitative estimate of drug-likeness (QED) is 0.666. The van der Waals surface area contributed by atoms with Crippen LogP contribution in [-0.4, -0.2) is 44.0 Å². The van der Waals surface area contributed by atoms with Gasteiger partial charge in [-0.05, 0) is 23.9 Å². The van der Waals surface area contributed by atoms with E-state index in [9.17, 15) is 9.50 Å². The van der Waals surface area contributed by atoms with Gasteiger partial charge in [0.15, 0.2) is 5.82 Å². The van der Waals surface area contributed by atoms with E-state index >= 15 is 0 Å². The minimum atomic E-state index is -1.93. The van der Waals surface area contributed by atoms with Crippen molar-refractivity contribution in [3.8, 4) is 0 Å². The second-order valence-corrected chi connectivity index (χ2v) is 5.31. The van der Waals surface area contributed by atoms with Crippen LogP contribution in [0.3, 0.4) is 0 Å². The number of anilines is 2. The first-order chi connectivity index (χ1) is 10.3. The molecule has 6 radical (unpaired) electrons.